The van der Waals surface area contributed by atoms with Gasteiger partial charge in [0, 0.05) is 15.5 Å². The molecule has 20 heavy (non-hydrogen) atoms. The van der Waals surface area contributed by atoms with E-state index in [0.29, 0.717) is 5.01 Å². The first-order valence-electron chi connectivity index (χ1n) is 5.50. The molecule has 2 aromatic rings. The van der Waals surface area contributed by atoms with Crippen LogP contribution in [0.15, 0.2) is 23.6 Å². The molecule has 1 aromatic heterocycles. The van der Waals surface area contributed by atoms with Crippen molar-refractivity contribution >= 4 is 51.5 Å². The van der Waals surface area contributed by atoms with Gasteiger partial charge in [0.05, 0.1) is 11.3 Å². The second-order valence-corrected chi connectivity index (χ2v) is 5.97. The van der Waals surface area contributed by atoms with E-state index in [1.165, 1.54) is 17.4 Å². The molecule has 0 aliphatic carbocycles. The Balaban J connectivity index is 2.25. The Morgan fingerprint density at radius 1 is 1.45 bits per heavy atom. The smallest absolute Gasteiger partial charge is 0.337 e. The Morgan fingerprint density at radius 2 is 2.20 bits per heavy atom. The number of aromatic nitrogens is 1. The number of halogens is 1. The van der Waals surface area contributed by atoms with Crippen LogP contribution >= 0.6 is 33.9 Å². The number of aromatic carboxylic acids is 1. The molecule has 0 unspecified atom stereocenters. The standard InChI is InChI=1S/C12H10IN3O3S/c13-6-1-2-8(7(3-6)12(18)19)16-11(17)9-5-20-10(4-14)15-9/h1-3,5H,4,14H2,(H,16,17)(H,18,19). The van der Waals surface area contributed by atoms with Crippen molar-refractivity contribution in [3.8, 4) is 0 Å². The molecule has 0 fully saturated rings. The molecule has 4 N–H and O–H groups in total. The summed E-state index contributed by atoms with van der Waals surface area (Å²) in [5, 5.41) is 13.9. The van der Waals surface area contributed by atoms with E-state index in [1.807, 2.05) is 22.6 Å². The highest BCUT2D eigenvalue weighted by Gasteiger charge is 2.15. The summed E-state index contributed by atoms with van der Waals surface area (Å²) in [6.45, 7) is 0.266. The number of hydrogen-bond donors (Lipinski definition) is 3. The Labute approximate surface area is 132 Å². The van der Waals surface area contributed by atoms with Crippen LogP contribution < -0.4 is 11.1 Å². The van der Waals surface area contributed by atoms with Crippen molar-refractivity contribution < 1.29 is 14.7 Å². The molecule has 2 rings (SSSR count). The number of carboxylic acids is 1. The number of anilines is 1. The minimum Gasteiger partial charge on any atom is -0.478 e. The topological polar surface area (TPSA) is 105 Å². The Bertz CT molecular complexity index is 672. The first kappa shape index (κ1) is 14.9. The van der Waals surface area contributed by atoms with E-state index >= 15 is 0 Å². The third-order valence-corrected chi connectivity index (χ3v) is 3.96. The van der Waals surface area contributed by atoms with Crippen molar-refractivity contribution in [3.05, 3.63) is 43.4 Å². The van der Waals surface area contributed by atoms with E-state index in [9.17, 15) is 9.59 Å². The maximum Gasteiger partial charge on any atom is 0.337 e. The molecule has 6 nitrogen and oxygen atoms in total. The van der Waals surface area contributed by atoms with Crippen molar-refractivity contribution in [2.75, 3.05) is 5.32 Å². The Hall–Kier alpha value is -1.52. The SMILES string of the molecule is NCc1nc(C(=O)Nc2ccc(I)cc2C(=O)O)cs1. The number of nitrogens with zero attached hydrogens (tertiary/aromatic N) is 1. The van der Waals surface area contributed by atoms with Crippen LogP contribution in [0.1, 0.15) is 25.9 Å². The number of nitrogens with two attached hydrogens (primary N) is 1. The first-order chi connectivity index (χ1) is 9.51. The highest BCUT2D eigenvalue weighted by molar-refractivity contribution is 14.1. The quantitative estimate of drug-likeness (QED) is 0.679. The fraction of sp³-hybridized carbons (Fsp3) is 0.0833. The molecule has 0 aliphatic heterocycles. The zero-order valence-electron chi connectivity index (χ0n) is 10.1. The zero-order chi connectivity index (χ0) is 14.7. The average molecular weight is 403 g/mol. The molecule has 1 heterocycles. The molecule has 0 saturated carbocycles. The van der Waals surface area contributed by atoms with Crippen LogP contribution in [0, 0.1) is 3.57 Å². The van der Waals surface area contributed by atoms with Crippen LogP contribution in [0.3, 0.4) is 0 Å². The van der Waals surface area contributed by atoms with E-state index in [4.69, 9.17) is 10.8 Å². The van der Waals surface area contributed by atoms with Crippen LogP contribution in [0.4, 0.5) is 5.69 Å². The minimum absolute atomic E-state index is 0.0412. The van der Waals surface area contributed by atoms with Crippen LogP contribution in [0.5, 0.6) is 0 Å². The van der Waals surface area contributed by atoms with Gasteiger partial charge in [-0.25, -0.2) is 9.78 Å². The van der Waals surface area contributed by atoms with Crippen LogP contribution in [-0.2, 0) is 6.54 Å². The number of thiazole rings is 1. The van der Waals surface area contributed by atoms with Gasteiger partial charge in [0.15, 0.2) is 0 Å². The summed E-state index contributed by atoms with van der Waals surface area (Å²) >= 11 is 3.30. The van der Waals surface area contributed by atoms with Gasteiger partial charge in [-0.1, -0.05) is 0 Å². The lowest BCUT2D eigenvalue weighted by atomic mass is 10.2. The van der Waals surface area contributed by atoms with Gasteiger partial charge in [-0.05, 0) is 40.8 Å². The van der Waals surface area contributed by atoms with Gasteiger partial charge in [-0.2, -0.15) is 0 Å². The molecule has 0 saturated heterocycles. The first-order valence-corrected chi connectivity index (χ1v) is 7.45. The summed E-state index contributed by atoms with van der Waals surface area (Å²) in [6.07, 6.45) is 0. The van der Waals surface area contributed by atoms with Crippen LogP contribution in [-0.4, -0.2) is 22.0 Å². The molecule has 104 valence electrons. The molecule has 1 amide bonds. The number of carbonyl (C=O) groups excluding carboxylic acids is 1. The predicted octanol–water partition coefficient (Wildman–Crippen LogP) is 2.16. The minimum atomic E-state index is -1.10. The van der Waals surface area contributed by atoms with Crippen molar-refractivity contribution in [2.24, 2.45) is 5.73 Å². The highest BCUT2D eigenvalue weighted by atomic mass is 127. The second kappa shape index (κ2) is 6.29. The Morgan fingerprint density at radius 3 is 2.80 bits per heavy atom. The predicted molar refractivity (Wildman–Crippen MR) is 84.1 cm³/mol. The van der Waals surface area contributed by atoms with Gasteiger partial charge in [-0.15, -0.1) is 11.3 Å². The lowest BCUT2D eigenvalue weighted by molar-refractivity contribution is 0.0698. The number of carboxylic acid groups (broad SMARTS) is 1. The number of amides is 1. The molecule has 8 heteroatoms. The molecule has 0 atom stereocenters. The van der Waals surface area contributed by atoms with Crippen LogP contribution in [0.2, 0.25) is 0 Å². The summed E-state index contributed by atoms with van der Waals surface area (Å²) in [4.78, 5) is 27.2. The number of hydrogen-bond acceptors (Lipinski definition) is 5. The van der Waals surface area contributed by atoms with E-state index in [0.717, 1.165) is 3.57 Å². The highest BCUT2D eigenvalue weighted by Crippen LogP contribution is 2.20. The molecular formula is C12H10IN3O3S. The number of rotatable bonds is 4. The number of nitrogens with one attached hydrogen (secondary N) is 1. The number of carbonyl (C=O) groups is 2. The lowest BCUT2D eigenvalue weighted by Gasteiger charge is -2.07. The normalized spacial score (nSPS) is 10.3. The maximum absolute atomic E-state index is 12.0. The summed E-state index contributed by atoms with van der Waals surface area (Å²) < 4.78 is 0.775. The molecule has 0 radical (unpaired) electrons. The molecule has 0 aliphatic rings. The monoisotopic (exact) mass is 403 g/mol. The Kier molecular flexibility index (Phi) is 4.68. The number of benzene rings is 1. The maximum atomic E-state index is 12.0. The van der Waals surface area contributed by atoms with Crippen molar-refractivity contribution in [3.63, 3.8) is 0 Å². The van der Waals surface area contributed by atoms with Gasteiger partial charge in [-0.3, -0.25) is 4.79 Å². The van der Waals surface area contributed by atoms with Gasteiger partial charge >= 0.3 is 5.97 Å². The van der Waals surface area contributed by atoms with Gasteiger partial charge in [0.1, 0.15) is 10.7 Å². The summed E-state index contributed by atoms with van der Waals surface area (Å²) in [7, 11) is 0. The zero-order valence-corrected chi connectivity index (χ0v) is 13.1. The molecule has 1 aromatic carbocycles. The molecular weight excluding hydrogens is 393 g/mol. The van der Waals surface area contributed by atoms with Crippen LogP contribution in [0.25, 0.3) is 0 Å². The molecule has 0 spiro atoms. The third kappa shape index (κ3) is 3.32. The largest absolute Gasteiger partial charge is 0.478 e. The van der Waals surface area contributed by atoms with E-state index < -0.39 is 11.9 Å². The van der Waals surface area contributed by atoms with Crippen molar-refractivity contribution in [2.45, 2.75) is 6.54 Å². The third-order valence-electron chi connectivity index (χ3n) is 2.42. The van der Waals surface area contributed by atoms with Crippen molar-refractivity contribution in [1.82, 2.24) is 4.98 Å². The second-order valence-electron chi connectivity index (χ2n) is 3.78. The van der Waals surface area contributed by atoms with E-state index in [2.05, 4.69) is 10.3 Å². The fourth-order valence-corrected chi connectivity index (χ4v) is 2.64. The van der Waals surface area contributed by atoms with E-state index in [1.54, 1.807) is 17.5 Å². The average Bonchev–Trinajstić information content (AvgIpc) is 2.89. The summed E-state index contributed by atoms with van der Waals surface area (Å²) in [5.74, 6) is -1.55. The fourth-order valence-electron chi connectivity index (χ4n) is 1.50. The van der Waals surface area contributed by atoms with Crippen molar-refractivity contribution in [1.29, 1.82) is 0 Å². The summed E-state index contributed by atoms with van der Waals surface area (Å²) in [5.41, 5.74) is 5.94. The van der Waals surface area contributed by atoms with Gasteiger partial charge < -0.3 is 16.2 Å². The van der Waals surface area contributed by atoms with Gasteiger partial charge in [0.2, 0.25) is 0 Å². The lowest BCUT2D eigenvalue weighted by Crippen LogP contribution is -2.15. The van der Waals surface area contributed by atoms with E-state index in [-0.39, 0.29) is 23.5 Å². The van der Waals surface area contributed by atoms with Gasteiger partial charge in [0.25, 0.3) is 5.91 Å². The summed E-state index contributed by atoms with van der Waals surface area (Å²) in [6, 6.07) is 4.76. The molecule has 0 bridgehead atoms.